The van der Waals surface area contributed by atoms with Gasteiger partial charge in [-0.3, -0.25) is 4.98 Å². The van der Waals surface area contributed by atoms with E-state index in [1.54, 1.807) is 6.20 Å². The number of nitrogens with one attached hydrogen (secondary N) is 1. The zero-order valence-corrected chi connectivity index (χ0v) is 14.6. The fourth-order valence-electron chi connectivity index (χ4n) is 3.42. The molecule has 3 aromatic rings. The van der Waals surface area contributed by atoms with Crippen molar-refractivity contribution in [2.75, 3.05) is 18.0 Å². The normalized spacial score (nSPS) is 17.7. The van der Waals surface area contributed by atoms with Crippen LogP contribution in [0.4, 0.5) is 5.82 Å². The molecule has 1 unspecified atom stereocenters. The fraction of sp³-hybridized carbons (Fsp3) is 0.368. The Labute approximate surface area is 147 Å². The number of piperidine rings is 1. The Morgan fingerprint density at radius 1 is 1.12 bits per heavy atom. The van der Waals surface area contributed by atoms with E-state index in [1.165, 1.54) is 0 Å². The summed E-state index contributed by atoms with van der Waals surface area (Å²) in [5, 5.41) is 0. The molecule has 1 N–H and O–H groups in total. The molecule has 0 amide bonds. The number of rotatable bonds is 3. The van der Waals surface area contributed by atoms with Crippen molar-refractivity contribution in [3.63, 3.8) is 0 Å². The van der Waals surface area contributed by atoms with Crippen LogP contribution in [0, 0.1) is 13.8 Å². The number of hydrogen-bond acceptors (Lipinski definition) is 5. The number of pyridine rings is 1. The number of aryl methyl sites for hydroxylation is 1. The third-order valence-electron chi connectivity index (χ3n) is 4.88. The van der Waals surface area contributed by atoms with Gasteiger partial charge in [-0.25, -0.2) is 15.0 Å². The quantitative estimate of drug-likeness (QED) is 0.796. The molecule has 3 aromatic heterocycles. The molecule has 25 heavy (non-hydrogen) atoms. The summed E-state index contributed by atoms with van der Waals surface area (Å²) in [6, 6.07) is 5.83. The van der Waals surface area contributed by atoms with E-state index in [0.29, 0.717) is 11.7 Å². The lowest BCUT2D eigenvalue weighted by Crippen LogP contribution is -2.36. The summed E-state index contributed by atoms with van der Waals surface area (Å²) < 4.78 is 0. The van der Waals surface area contributed by atoms with Gasteiger partial charge in [0.1, 0.15) is 17.3 Å². The lowest BCUT2D eigenvalue weighted by molar-refractivity contribution is 0.490. The number of nitrogens with zero attached hydrogens (tertiary/aromatic N) is 5. The Bertz CT molecular complexity index is 844. The first-order valence-electron chi connectivity index (χ1n) is 8.73. The van der Waals surface area contributed by atoms with Crippen LogP contribution in [0.2, 0.25) is 0 Å². The van der Waals surface area contributed by atoms with Crippen molar-refractivity contribution in [2.24, 2.45) is 0 Å². The van der Waals surface area contributed by atoms with Gasteiger partial charge in [-0.15, -0.1) is 0 Å². The average molecular weight is 334 g/mol. The molecule has 4 heterocycles. The van der Waals surface area contributed by atoms with Gasteiger partial charge in [-0.1, -0.05) is 6.07 Å². The highest BCUT2D eigenvalue weighted by Crippen LogP contribution is 2.30. The molecule has 1 atom stereocenters. The van der Waals surface area contributed by atoms with Crippen LogP contribution in [-0.2, 0) is 0 Å². The van der Waals surface area contributed by atoms with Crippen molar-refractivity contribution in [1.82, 2.24) is 24.9 Å². The lowest BCUT2D eigenvalue weighted by Gasteiger charge is -2.34. The van der Waals surface area contributed by atoms with E-state index in [9.17, 15) is 0 Å². The van der Waals surface area contributed by atoms with E-state index in [1.807, 2.05) is 37.5 Å². The zero-order chi connectivity index (χ0) is 17.2. The summed E-state index contributed by atoms with van der Waals surface area (Å²) in [6.45, 7) is 6.08. The Morgan fingerprint density at radius 2 is 2.04 bits per heavy atom. The first-order chi connectivity index (χ1) is 12.2. The molecular formula is C19H22N6. The molecule has 1 fully saturated rings. The number of H-pyrrole nitrogens is 1. The Kier molecular flexibility index (Phi) is 4.17. The highest BCUT2D eigenvalue weighted by Gasteiger charge is 2.26. The molecule has 1 saturated heterocycles. The SMILES string of the molecule is Cc1nc(-c2ccccn2)nc(N2CCCC(c3ncc[nH]3)C2)c1C. The van der Waals surface area contributed by atoms with Crippen LogP contribution >= 0.6 is 0 Å². The summed E-state index contributed by atoms with van der Waals surface area (Å²) in [7, 11) is 0. The summed E-state index contributed by atoms with van der Waals surface area (Å²) in [5.74, 6) is 3.19. The van der Waals surface area contributed by atoms with Crippen molar-refractivity contribution in [2.45, 2.75) is 32.6 Å². The second kappa shape index (κ2) is 6.63. The van der Waals surface area contributed by atoms with Crippen molar-refractivity contribution >= 4 is 5.82 Å². The number of hydrogen-bond donors (Lipinski definition) is 1. The van der Waals surface area contributed by atoms with Gasteiger partial charge in [0.25, 0.3) is 0 Å². The molecule has 1 aliphatic heterocycles. The zero-order valence-electron chi connectivity index (χ0n) is 14.6. The molecule has 6 heteroatoms. The summed E-state index contributed by atoms with van der Waals surface area (Å²) in [5.41, 5.74) is 2.96. The van der Waals surface area contributed by atoms with Gasteiger partial charge in [-0.05, 0) is 38.8 Å². The highest BCUT2D eigenvalue weighted by atomic mass is 15.2. The molecule has 1 aliphatic rings. The van der Waals surface area contributed by atoms with Gasteiger partial charge in [-0.2, -0.15) is 0 Å². The summed E-state index contributed by atoms with van der Waals surface area (Å²) >= 11 is 0. The molecule has 0 aromatic carbocycles. The van der Waals surface area contributed by atoms with Crippen LogP contribution in [0.3, 0.4) is 0 Å². The van der Waals surface area contributed by atoms with Gasteiger partial charge in [0.2, 0.25) is 0 Å². The van der Waals surface area contributed by atoms with Crippen molar-refractivity contribution < 1.29 is 0 Å². The predicted molar refractivity (Wildman–Crippen MR) is 97.5 cm³/mol. The average Bonchev–Trinajstić information content (AvgIpc) is 3.19. The second-order valence-electron chi connectivity index (χ2n) is 6.56. The van der Waals surface area contributed by atoms with Crippen LogP contribution in [0.5, 0.6) is 0 Å². The molecular weight excluding hydrogens is 312 g/mol. The lowest BCUT2D eigenvalue weighted by atomic mass is 9.97. The van der Waals surface area contributed by atoms with Crippen molar-refractivity contribution in [1.29, 1.82) is 0 Å². The number of anilines is 1. The van der Waals surface area contributed by atoms with Crippen LogP contribution < -0.4 is 4.90 Å². The molecule has 0 spiro atoms. The molecule has 0 radical (unpaired) electrons. The molecule has 128 valence electrons. The van der Waals surface area contributed by atoms with E-state index in [2.05, 4.69) is 31.8 Å². The number of aromatic amines is 1. The first-order valence-corrected chi connectivity index (χ1v) is 8.73. The van der Waals surface area contributed by atoms with Crippen LogP contribution in [0.25, 0.3) is 11.5 Å². The second-order valence-corrected chi connectivity index (χ2v) is 6.56. The van der Waals surface area contributed by atoms with Crippen LogP contribution in [0.15, 0.2) is 36.8 Å². The third kappa shape index (κ3) is 3.12. The van der Waals surface area contributed by atoms with Gasteiger partial charge in [0.05, 0.1) is 0 Å². The number of imidazole rings is 1. The van der Waals surface area contributed by atoms with E-state index in [4.69, 9.17) is 4.98 Å². The van der Waals surface area contributed by atoms with Gasteiger partial charge in [0.15, 0.2) is 5.82 Å². The maximum absolute atomic E-state index is 4.86. The number of aromatic nitrogens is 5. The minimum atomic E-state index is 0.414. The maximum Gasteiger partial charge on any atom is 0.180 e. The van der Waals surface area contributed by atoms with Gasteiger partial charge in [0, 0.05) is 48.9 Å². The molecule has 6 nitrogen and oxygen atoms in total. The van der Waals surface area contributed by atoms with Gasteiger partial charge >= 0.3 is 0 Å². The predicted octanol–water partition coefficient (Wildman–Crippen LogP) is 3.26. The molecule has 0 aliphatic carbocycles. The largest absolute Gasteiger partial charge is 0.356 e. The third-order valence-corrected chi connectivity index (χ3v) is 4.88. The smallest absolute Gasteiger partial charge is 0.180 e. The maximum atomic E-state index is 4.86. The topological polar surface area (TPSA) is 70.6 Å². The van der Waals surface area contributed by atoms with Gasteiger partial charge < -0.3 is 9.88 Å². The monoisotopic (exact) mass is 334 g/mol. The minimum absolute atomic E-state index is 0.414. The minimum Gasteiger partial charge on any atom is -0.356 e. The molecule has 0 bridgehead atoms. The Morgan fingerprint density at radius 3 is 2.80 bits per heavy atom. The van der Waals surface area contributed by atoms with E-state index in [0.717, 1.165) is 54.5 Å². The van der Waals surface area contributed by atoms with E-state index < -0.39 is 0 Å². The Hall–Kier alpha value is -2.76. The molecule has 0 saturated carbocycles. The van der Waals surface area contributed by atoms with E-state index >= 15 is 0 Å². The fourth-order valence-corrected chi connectivity index (χ4v) is 3.42. The highest BCUT2D eigenvalue weighted by molar-refractivity contribution is 5.57. The summed E-state index contributed by atoms with van der Waals surface area (Å²) in [6.07, 6.45) is 7.79. The van der Waals surface area contributed by atoms with Crippen LogP contribution in [-0.4, -0.2) is 38.0 Å². The summed E-state index contributed by atoms with van der Waals surface area (Å²) in [4.78, 5) is 24.0. The van der Waals surface area contributed by atoms with Crippen molar-refractivity contribution in [3.8, 4) is 11.5 Å². The van der Waals surface area contributed by atoms with E-state index in [-0.39, 0.29) is 0 Å². The van der Waals surface area contributed by atoms with Crippen molar-refractivity contribution in [3.05, 3.63) is 53.9 Å². The standard InChI is InChI=1S/C19H22N6/c1-13-14(2)23-18(16-7-3-4-8-20-16)24-19(13)25-11-5-6-15(12-25)17-21-9-10-22-17/h3-4,7-10,15H,5-6,11-12H2,1-2H3,(H,21,22). The molecule has 4 rings (SSSR count). The Balaban J connectivity index is 1.68. The first kappa shape index (κ1) is 15.7. The van der Waals surface area contributed by atoms with Crippen LogP contribution in [0.1, 0.15) is 35.8 Å².